The Labute approximate surface area is 253 Å². The van der Waals surface area contributed by atoms with Crippen molar-refractivity contribution in [2.24, 2.45) is 26.8 Å². The molecule has 5 heterocycles. The SMILES string of the molecule is C=CC1=C2NC(=C3CC(O)=C4C3=NC(=C4C)C=C3N=C(C(C)=C3CC)C3=C4N=C1C(C)=C4CC3)[C@@H](CCC(=O)OC)[C@@H]2C. The first-order chi connectivity index (χ1) is 20.7. The van der Waals surface area contributed by atoms with Gasteiger partial charge in [0.25, 0.3) is 0 Å². The van der Waals surface area contributed by atoms with Crippen molar-refractivity contribution in [1.82, 2.24) is 5.32 Å². The summed E-state index contributed by atoms with van der Waals surface area (Å²) in [7, 11) is 1.43. The Balaban J connectivity index is 1.52. The van der Waals surface area contributed by atoms with Gasteiger partial charge < -0.3 is 15.2 Å². The fraction of sp³-hybridized carbons (Fsp3) is 0.389. The van der Waals surface area contributed by atoms with Crippen LogP contribution in [0.4, 0.5) is 0 Å². The van der Waals surface area contributed by atoms with E-state index in [1.807, 2.05) is 13.0 Å². The second-order valence-electron chi connectivity index (χ2n) is 12.4. The van der Waals surface area contributed by atoms with Crippen LogP contribution in [0.1, 0.15) is 73.1 Å². The molecule has 0 spiro atoms. The quantitative estimate of drug-likeness (QED) is 0.336. The van der Waals surface area contributed by atoms with Gasteiger partial charge in [-0.2, -0.15) is 0 Å². The molecule has 2 aliphatic carbocycles. The van der Waals surface area contributed by atoms with E-state index < -0.39 is 0 Å². The van der Waals surface area contributed by atoms with Crippen LogP contribution in [0.2, 0.25) is 0 Å². The molecule has 7 heteroatoms. The van der Waals surface area contributed by atoms with Crippen molar-refractivity contribution >= 4 is 23.1 Å². The largest absolute Gasteiger partial charge is 0.511 e. The number of hydrogen-bond acceptors (Lipinski definition) is 7. The molecule has 0 aromatic heterocycles. The number of aliphatic hydroxyl groups excluding tert-OH is 1. The first-order valence-electron chi connectivity index (χ1n) is 15.4. The second kappa shape index (κ2) is 9.90. The van der Waals surface area contributed by atoms with Crippen molar-refractivity contribution in [1.29, 1.82) is 0 Å². The van der Waals surface area contributed by atoms with Crippen molar-refractivity contribution in [2.75, 3.05) is 7.11 Å². The summed E-state index contributed by atoms with van der Waals surface area (Å²) in [5.74, 6) is 0.178. The minimum Gasteiger partial charge on any atom is -0.511 e. The van der Waals surface area contributed by atoms with E-state index in [1.54, 1.807) is 0 Å². The highest BCUT2D eigenvalue weighted by molar-refractivity contribution is 6.22. The van der Waals surface area contributed by atoms with Crippen LogP contribution in [-0.4, -0.2) is 35.3 Å². The number of rotatable bonds is 5. The standard InChI is InChI=1S/C36H38N4O3/c1-8-20-16(3)33-24-11-10-22-17(4)31(39-34(22)24)21(9-2)32-18(5)23(12-13-29(42)43-7)35(40-32)25-14-28(41)30-19(6)26(37-36(25)30)15-27(20)38-33/h9,15,18,23,40-41H,2,8,10-14H2,1,3-7H3/t18-,23-/m0/s1. The third kappa shape index (κ3) is 3.86. The molecule has 2 atom stereocenters. The monoisotopic (exact) mass is 574 g/mol. The van der Waals surface area contributed by atoms with Gasteiger partial charge in [-0.25, -0.2) is 15.0 Å². The van der Waals surface area contributed by atoms with Crippen LogP contribution in [-0.2, 0) is 9.53 Å². The van der Waals surface area contributed by atoms with Gasteiger partial charge in [0.15, 0.2) is 0 Å². The van der Waals surface area contributed by atoms with Crippen LogP contribution in [0.3, 0.4) is 0 Å². The molecule has 2 N–H and O–H groups in total. The van der Waals surface area contributed by atoms with Crippen LogP contribution in [0.15, 0.2) is 118 Å². The lowest BCUT2D eigenvalue weighted by atomic mass is 9.84. The topological polar surface area (TPSA) is 95.6 Å². The van der Waals surface area contributed by atoms with Crippen molar-refractivity contribution in [3.05, 3.63) is 103 Å². The number of methoxy groups -OCH3 is 1. The van der Waals surface area contributed by atoms with Gasteiger partial charge in [0.2, 0.25) is 0 Å². The number of nitrogens with one attached hydrogen (secondary N) is 1. The molecule has 7 rings (SSSR count). The number of carbonyl (C=O) groups excluding carboxylic acids is 1. The highest BCUT2D eigenvalue weighted by Crippen LogP contribution is 2.49. The van der Waals surface area contributed by atoms with Crippen LogP contribution in [0.25, 0.3) is 0 Å². The molecule has 8 bridgehead atoms. The molecule has 1 fully saturated rings. The molecule has 220 valence electrons. The summed E-state index contributed by atoms with van der Waals surface area (Å²) in [5, 5.41) is 15.1. The number of esters is 1. The van der Waals surface area contributed by atoms with Crippen molar-refractivity contribution in [2.45, 2.75) is 73.1 Å². The minimum absolute atomic E-state index is 0.00961. The number of hydrogen-bond donors (Lipinski definition) is 2. The molecule has 7 aliphatic rings. The number of allylic oxidation sites excluding steroid dienone is 13. The number of aliphatic hydroxyl groups is 1. The van der Waals surface area contributed by atoms with Crippen molar-refractivity contribution in [3.63, 3.8) is 0 Å². The van der Waals surface area contributed by atoms with E-state index >= 15 is 0 Å². The van der Waals surface area contributed by atoms with Crippen LogP contribution >= 0.6 is 0 Å². The summed E-state index contributed by atoms with van der Waals surface area (Å²) in [6.07, 6.45) is 8.06. The van der Waals surface area contributed by atoms with E-state index in [0.717, 1.165) is 87.2 Å². The van der Waals surface area contributed by atoms with Gasteiger partial charge in [0, 0.05) is 58.4 Å². The predicted octanol–water partition coefficient (Wildman–Crippen LogP) is 7.33. The molecule has 7 nitrogen and oxygen atoms in total. The molecule has 0 unspecified atom stereocenters. The van der Waals surface area contributed by atoms with Gasteiger partial charge in [-0.05, 0) is 80.4 Å². The van der Waals surface area contributed by atoms with Crippen LogP contribution < -0.4 is 5.32 Å². The Hall–Kier alpha value is -4.26. The zero-order valence-electron chi connectivity index (χ0n) is 25.9. The first-order valence-corrected chi connectivity index (χ1v) is 15.4. The normalized spacial score (nSPS) is 25.8. The molecule has 0 aromatic rings. The van der Waals surface area contributed by atoms with Crippen molar-refractivity contribution < 1.29 is 14.6 Å². The molecule has 43 heavy (non-hydrogen) atoms. The lowest BCUT2D eigenvalue weighted by Crippen LogP contribution is -2.16. The highest BCUT2D eigenvalue weighted by Gasteiger charge is 2.43. The Morgan fingerprint density at radius 1 is 1.05 bits per heavy atom. The third-order valence-corrected chi connectivity index (χ3v) is 10.3. The lowest BCUT2D eigenvalue weighted by Gasteiger charge is -2.18. The number of aliphatic imine (C=N–C) groups is 3. The zero-order valence-corrected chi connectivity index (χ0v) is 25.9. The summed E-state index contributed by atoms with van der Waals surface area (Å²) in [4.78, 5) is 28.0. The zero-order chi connectivity index (χ0) is 30.3. The van der Waals surface area contributed by atoms with Gasteiger partial charge in [0.1, 0.15) is 5.76 Å². The van der Waals surface area contributed by atoms with Crippen LogP contribution in [0, 0.1) is 11.8 Å². The van der Waals surface area contributed by atoms with Gasteiger partial charge in [-0.3, -0.25) is 4.79 Å². The Bertz CT molecular complexity index is 1810. The maximum atomic E-state index is 12.3. The fourth-order valence-corrected chi connectivity index (χ4v) is 7.95. The van der Waals surface area contributed by atoms with E-state index in [9.17, 15) is 9.90 Å². The predicted molar refractivity (Wildman–Crippen MR) is 171 cm³/mol. The summed E-state index contributed by atoms with van der Waals surface area (Å²) in [6, 6.07) is 0. The molecule has 0 saturated carbocycles. The summed E-state index contributed by atoms with van der Waals surface area (Å²) in [5.41, 5.74) is 17.6. The van der Waals surface area contributed by atoms with Gasteiger partial charge in [-0.15, -0.1) is 0 Å². The molecule has 1 saturated heterocycles. The molecule has 0 amide bonds. The van der Waals surface area contributed by atoms with E-state index in [0.29, 0.717) is 25.0 Å². The summed E-state index contributed by atoms with van der Waals surface area (Å²) < 4.78 is 5.01. The number of ether oxygens (including phenoxy) is 1. The fourth-order valence-electron chi connectivity index (χ4n) is 7.95. The maximum Gasteiger partial charge on any atom is 0.305 e. The summed E-state index contributed by atoms with van der Waals surface area (Å²) in [6.45, 7) is 15.0. The molecular formula is C36H38N4O3. The minimum atomic E-state index is -0.228. The van der Waals surface area contributed by atoms with E-state index in [-0.39, 0.29) is 17.8 Å². The van der Waals surface area contributed by atoms with E-state index in [2.05, 4.69) is 45.7 Å². The van der Waals surface area contributed by atoms with E-state index in [4.69, 9.17) is 19.7 Å². The maximum absolute atomic E-state index is 12.3. The lowest BCUT2D eigenvalue weighted by molar-refractivity contribution is -0.140. The summed E-state index contributed by atoms with van der Waals surface area (Å²) >= 11 is 0. The van der Waals surface area contributed by atoms with Crippen molar-refractivity contribution in [3.8, 4) is 0 Å². The average molecular weight is 575 g/mol. The number of nitrogens with zero attached hydrogens (tertiary/aromatic N) is 3. The number of carbonyl (C=O) groups is 1. The van der Waals surface area contributed by atoms with E-state index in [1.165, 1.54) is 35.0 Å². The Kier molecular flexibility index (Phi) is 6.35. The average Bonchev–Trinajstić information content (AvgIpc) is 3.81. The molecule has 0 radical (unpaired) electrons. The Morgan fingerprint density at radius 3 is 2.53 bits per heavy atom. The van der Waals surface area contributed by atoms with Crippen LogP contribution in [0.5, 0.6) is 0 Å². The van der Waals surface area contributed by atoms with Gasteiger partial charge >= 0.3 is 5.97 Å². The second-order valence-corrected chi connectivity index (χ2v) is 12.4. The Morgan fingerprint density at radius 2 is 1.81 bits per heavy atom. The third-order valence-electron chi connectivity index (χ3n) is 10.3. The molecular weight excluding hydrogens is 536 g/mol. The molecule has 5 aliphatic heterocycles. The smallest absolute Gasteiger partial charge is 0.305 e. The first kappa shape index (κ1) is 27.6. The highest BCUT2D eigenvalue weighted by atomic mass is 16.5. The van der Waals surface area contributed by atoms with Gasteiger partial charge in [-0.1, -0.05) is 26.5 Å². The number of fused-ring (bicyclic) bond motifs is 5. The van der Waals surface area contributed by atoms with Gasteiger partial charge in [0.05, 0.1) is 41.3 Å². The molecule has 0 aromatic carbocycles.